The van der Waals surface area contributed by atoms with E-state index in [0.717, 1.165) is 5.56 Å². The van der Waals surface area contributed by atoms with E-state index in [4.69, 9.17) is 11.2 Å². The zero-order valence-corrected chi connectivity index (χ0v) is 6.38. The summed E-state index contributed by atoms with van der Waals surface area (Å²) in [5.41, 5.74) is 1.41. The average Bonchev–Trinajstić information content (AvgIpc) is 2.09. The van der Waals surface area contributed by atoms with Crippen LogP contribution >= 0.6 is 0 Å². The second kappa shape index (κ2) is 4.03. The molecule has 60 valence electrons. The third-order valence-electron chi connectivity index (χ3n) is 1.40. The van der Waals surface area contributed by atoms with Gasteiger partial charge in [-0.3, -0.25) is 0 Å². The van der Waals surface area contributed by atoms with E-state index in [0.29, 0.717) is 5.69 Å². The van der Waals surface area contributed by atoms with Crippen molar-refractivity contribution in [1.82, 2.24) is 0 Å². The molecule has 5 nitrogen and oxygen atoms in total. The van der Waals surface area contributed by atoms with Crippen LogP contribution in [0.4, 0.5) is 5.69 Å². The largest absolute Gasteiger partial charge is 0.332 e. The van der Waals surface area contributed by atoms with Crippen LogP contribution < -0.4 is 5.84 Å². The molecule has 0 fully saturated rings. The molecule has 0 aromatic heterocycles. The Labute approximate surface area is 69.5 Å². The number of rotatable bonds is 2. The second-order valence-corrected chi connectivity index (χ2v) is 2.14. The molecule has 0 amide bonds. The second-order valence-electron chi connectivity index (χ2n) is 2.14. The molecule has 12 heavy (non-hydrogen) atoms. The van der Waals surface area contributed by atoms with Crippen molar-refractivity contribution in [3.8, 4) is 0 Å². The van der Waals surface area contributed by atoms with Crippen molar-refractivity contribution in [2.75, 3.05) is 0 Å². The summed E-state index contributed by atoms with van der Waals surface area (Å²) in [4.78, 5) is 3.01. The van der Waals surface area contributed by atoms with Gasteiger partial charge in [0.25, 0.3) is 0 Å². The minimum atomic E-state index is 0.204. The molecule has 1 aromatic carbocycles. The lowest BCUT2D eigenvalue weighted by atomic mass is 10.2. The van der Waals surface area contributed by atoms with E-state index in [2.05, 4.69) is 15.3 Å². The third kappa shape index (κ3) is 1.76. The van der Waals surface area contributed by atoms with Crippen molar-refractivity contribution in [2.24, 2.45) is 16.2 Å². The Morgan fingerprint density at radius 2 is 2.17 bits per heavy atom. The first-order chi connectivity index (χ1) is 5.88. The van der Waals surface area contributed by atoms with Gasteiger partial charge in [-0.25, -0.2) is 0 Å². The summed E-state index contributed by atoms with van der Waals surface area (Å²) < 4.78 is 0. The number of nitrogens with two attached hydrogens (primary N) is 1. The fraction of sp³-hybridized carbons (Fsp3) is 0.143. The fourth-order valence-electron chi connectivity index (χ4n) is 0.880. The van der Waals surface area contributed by atoms with E-state index in [1.807, 2.05) is 12.1 Å². The highest BCUT2D eigenvalue weighted by Gasteiger charge is 2.05. The molecule has 0 radical (unpaired) electrons. The van der Waals surface area contributed by atoms with Gasteiger partial charge in [0.15, 0.2) is 0 Å². The summed E-state index contributed by atoms with van der Waals surface area (Å²) in [5, 5.41) is 15.1. The number of hydrogen-bond donors (Lipinski definition) is 1. The molecule has 0 saturated heterocycles. The van der Waals surface area contributed by atoms with Crippen LogP contribution in [-0.2, 0) is 6.54 Å². The Kier molecular flexibility index (Phi) is 2.73. The predicted molar refractivity (Wildman–Crippen MR) is 43.9 cm³/mol. The minimum absolute atomic E-state index is 0.204. The molecule has 0 atom stereocenters. The molecule has 2 N–H and O–H groups in total. The topological polar surface area (TPSA) is 78.9 Å². The highest BCUT2D eigenvalue weighted by atomic mass is 15.3. The standard InChI is InChI=1S/C7H8N5/c8-10-5-6-3-1-2-4-7(6)11-12-9/h1-4H,5H2,(H2,9,11)/q+1. The van der Waals surface area contributed by atoms with E-state index < -0.39 is 0 Å². The Bertz CT molecular complexity index is 325. The molecular formula is C7H8N5+. The van der Waals surface area contributed by atoms with Crippen molar-refractivity contribution >= 4 is 5.69 Å². The van der Waals surface area contributed by atoms with Crippen LogP contribution in [0.3, 0.4) is 0 Å². The van der Waals surface area contributed by atoms with Gasteiger partial charge in [-0.2, -0.15) is 0 Å². The van der Waals surface area contributed by atoms with Crippen molar-refractivity contribution in [3.05, 3.63) is 34.8 Å². The van der Waals surface area contributed by atoms with Gasteiger partial charge in [0, 0.05) is 0 Å². The molecule has 0 aliphatic carbocycles. The fourth-order valence-corrected chi connectivity index (χ4v) is 0.880. The Hall–Kier alpha value is -1.96. The van der Waals surface area contributed by atoms with E-state index in [1.165, 1.54) is 0 Å². The molecule has 0 saturated carbocycles. The summed E-state index contributed by atoms with van der Waals surface area (Å²) in [5.74, 6) is 4.89. The Morgan fingerprint density at radius 1 is 1.42 bits per heavy atom. The molecule has 0 aliphatic rings. The maximum Gasteiger partial charge on any atom is 0.332 e. The lowest BCUT2D eigenvalue weighted by Gasteiger charge is -1.92. The SMILES string of the molecule is N#[N+]Cc1ccccc1N=NN. The molecule has 5 heteroatoms. The highest BCUT2D eigenvalue weighted by Crippen LogP contribution is 2.19. The van der Waals surface area contributed by atoms with Crippen LogP contribution in [-0.4, -0.2) is 0 Å². The lowest BCUT2D eigenvalue weighted by Crippen LogP contribution is -1.81. The van der Waals surface area contributed by atoms with E-state index in [1.54, 1.807) is 12.1 Å². The minimum Gasteiger partial charge on any atom is -0.305 e. The molecule has 0 heterocycles. The van der Waals surface area contributed by atoms with Crippen LogP contribution in [0, 0.1) is 5.39 Å². The quantitative estimate of drug-likeness (QED) is 0.312. The number of diazo groups is 1. The highest BCUT2D eigenvalue weighted by molar-refractivity contribution is 5.45. The van der Waals surface area contributed by atoms with Crippen molar-refractivity contribution in [1.29, 1.82) is 5.39 Å². The Morgan fingerprint density at radius 3 is 2.83 bits per heavy atom. The zero-order chi connectivity index (χ0) is 8.81. The molecule has 0 bridgehead atoms. The maximum absolute atomic E-state index is 8.33. The van der Waals surface area contributed by atoms with Crippen molar-refractivity contribution in [3.63, 3.8) is 0 Å². The van der Waals surface area contributed by atoms with E-state index in [9.17, 15) is 0 Å². The summed E-state index contributed by atoms with van der Waals surface area (Å²) in [6, 6.07) is 7.18. The molecule has 1 aromatic rings. The third-order valence-corrected chi connectivity index (χ3v) is 1.40. The van der Waals surface area contributed by atoms with Crippen LogP contribution in [0.1, 0.15) is 5.56 Å². The van der Waals surface area contributed by atoms with E-state index in [-0.39, 0.29) is 6.54 Å². The first-order valence-corrected chi connectivity index (χ1v) is 3.38. The number of benzene rings is 1. The number of nitrogens with zero attached hydrogens (tertiary/aromatic N) is 4. The van der Waals surface area contributed by atoms with Gasteiger partial charge < -0.3 is 5.84 Å². The first-order valence-electron chi connectivity index (χ1n) is 3.38. The van der Waals surface area contributed by atoms with Gasteiger partial charge in [0.2, 0.25) is 5.39 Å². The van der Waals surface area contributed by atoms with Gasteiger partial charge in [0.05, 0.1) is 11.3 Å². The summed E-state index contributed by atoms with van der Waals surface area (Å²) in [6.45, 7) is 0.204. The molecular weight excluding hydrogens is 154 g/mol. The normalized spacial score (nSPS) is 9.92. The number of hydrogen-bond acceptors (Lipinski definition) is 3. The van der Waals surface area contributed by atoms with Crippen molar-refractivity contribution in [2.45, 2.75) is 6.54 Å². The van der Waals surface area contributed by atoms with Crippen LogP contribution in [0.25, 0.3) is 4.98 Å². The summed E-state index contributed by atoms with van der Waals surface area (Å²) in [7, 11) is 0. The lowest BCUT2D eigenvalue weighted by molar-refractivity contribution is 1.04. The van der Waals surface area contributed by atoms with E-state index >= 15 is 0 Å². The predicted octanol–water partition coefficient (Wildman–Crippen LogP) is 2.00. The van der Waals surface area contributed by atoms with Gasteiger partial charge in [-0.1, -0.05) is 17.4 Å². The zero-order valence-electron chi connectivity index (χ0n) is 6.38. The smallest absolute Gasteiger partial charge is 0.305 e. The molecule has 0 unspecified atom stereocenters. The molecule has 0 spiro atoms. The van der Waals surface area contributed by atoms with Gasteiger partial charge >= 0.3 is 6.54 Å². The molecule has 1 rings (SSSR count). The van der Waals surface area contributed by atoms with Gasteiger partial charge in [0.1, 0.15) is 4.98 Å². The maximum atomic E-state index is 8.33. The monoisotopic (exact) mass is 162 g/mol. The van der Waals surface area contributed by atoms with Crippen LogP contribution in [0.5, 0.6) is 0 Å². The first kappa shape index (κ1) is 8.14. The Balaban J connectivity index is 3.01. The summed E-state index contributed by atoms with van der Waals surface area (Å²) >= 11 is 0. The van der Waals surface area contributed by atoms with Crippen molar-refractivity contribution < 1.29 is 0 Å². The van der Waals surface area contributed by atoms with Crippen LogP contribution in [0.2, 0.25) is 0 Å². The average molecular weight is 162 g/mol. The molecule has 0 aliphatic heterocycles. The van der Waals surface area contributed by atoms with Gasteiger partial charge in [-0.05, 0) is 12.1 Å². The van der Waals surface area contributed by atoms with Crippen LogP contribution in [0.15, 0.2) is 34.6 Å². The van der Waals surface area contributed by atoms with Gasteiger partial charge in [-0.15, -0.1) is 5.11 Å². The summed E-state index contributed by atoms with van der Waals surface area (Å²) in [6.07, 6.45) is 0.